The second kappa shape index (κ2) is 7.27. The molecule has 0 aliphatic heterocycles. The lowest BCUT2D eigenvalue weighted by molar-refractivity contribution is 0.414. The Bertz CT molecular complexity index is 560. The van der Waals surface area contributed by atoms with E-state index in [0.717, 1.165) is 29.2 Å². The van der Waals surface area contributed by atoms with Gasteiger partial charge in [0.15, 0.2) is 0 Å². The highest BCUT2D eigenvalue weighted by molar-refractivity contribution is 6.31. The van der Waals surface area contributed by atoms with E-state index in [0.29, 0.717) is 6.04 Å². The van der Waals surface area contributed by atoms with E-state index in [2.05, 4.69) is 22.4 Å². The van der Waals surface area contributed by atoms with Crippen LogP contribution in [0.15, 0.2) is 42.7 Å². The van der Waals surface area contributed by atoms with Crippen molar-refractivity contribution < 1.29 is 4.74 Å². The molecule has 1 atom stereocenters. The summed E-state index contributed by atoms with van der Waals surface area (Å²) in [5.74, 6) is 0.888. The maximum absolute atomic E-state index is 6.17. The molecular formula is C16H19ClN2O. The van der Waals surface area contributed by atoms with Crippen molar-refractivity contribution in [3.8, 4) is 5.75 Å². The summed E-state index contributed by atoms with van der Waals surface area (Å²) in [6, 6.07) is 10.4. The van der Waals surface area contributed by atoms with Gasteiger partial charge in [0, 0.05) is 18.4 Å². The number of nitrogens with zero attached hydrogens (tertiary/aromatic N) is 1. The van der Waals surface area contributed by atoms with Crippen molar-refractivity contribution >= 4 is 11.6 Å². The number of pyridine rings is 1. The van der Waals surface area contributed by atoms with Crippen molar-refractivity contribution in [1.29, 1.82) is 0 Å². The summed E-state index contributed by atoms with van der Waals surface area (Å²) in [4.78, 5) is 4.02. The lowest BCUT2D eigenvalue weighted by Crippen LogP contribution is -2.30. The topological polar surface area (TPSA) is 34.1 Å². The van der Waals surface area contributed by atoms with Crippen LogP contribution in [0.4, 0.5) is 0 Å². The molecule has 1 heterocycles. The number of rotatable bonds is 6. The number of halogens is 1. The zero-order valence-electron chi connectivity index (χ0n) is 11.8. The zero-order valence-corrected chi connectivity index (χ0v) is 12.5. The van der Waals surface area contributed by atoms with Crippen molar-refractivity contribution in [1.82, 2.24) is 10.3 Å². The molecule has 0 saturated heterocycles. The van der Waals surface area contributed by atoms with Crippen LogP contribution in [0.2, 0.25) is 5.02 Å². The van der Waals surface area contributed by atoms with Crippen LogP contribution in [0, 0.1) is 0 Å². The Kier molecular flexibility index (Phi) is 5.39. The van der Waals surface area contributed by atoms with Crippen LogP contribution in [0.25, 0.3) is 0 Å². The first-order chi connectivity index (χ1) is 9.72. The molecule has 1 aromatic heterocycles. The summed E-state index contributed by atoms with van der Waals surface area (Å²) in [5, 5.41) is 4.06. The number of ether oxygens (including phenoxy) is 1. The van der Waals surface area contributed by atoms with E-state index in [1.807, 2.05) is 25.2 Å². The fraction of sp³-hybridized carbons (Fsp3) is 0.312. The van der Waals surface area contributed by atoms with Crippen LogP contribution in [0.5, 0.6) is 5.75 Å². The van der Waals surface area contributed by atoms with Gasteiger partial charge in [-0.05, 0) is 49.2 Å². The molecule has 2 rings (SSSR count). The first-order valence-corrected chi connectivity index (χ1v) is 6.99. The van der Waals surface area contributed by atoms with Gasteiger partial charge in [0.25, 0.3) is 0 Å². The Labute approximate surface area is 124 Å². The minimum Gasteiger partial charge on any atom is -0.497 e. The minimum atomic E-state index is 0.321. The van der Waals surface area contributed by atoms with Crippen LogP contribution >= 0.6 is 11.6 Å². The molecule has 0 saturated carbocycles. The van der Waals surface area contributed by atoms with Gasteiger partial charge in [-0.2, -0.15) is 0 Å². The molecule has 1 N–H and O–H groups in total. The van der Waals surface area contributed by atoms with Gasteiger partial charge in [-0.1, -0.05) is 23.7 Å². The number of methoxy groups -OCH3 is 1. The molecule has 4 heteroatoms. The molecule has 0 fully saturated rings. The molecule has 0 radical (unpaired) electrons. The summed E-state index contributed by atoms with van der Waals surface area (Å²) in [6.45, 7) is 0. The standard InChI is InChI=1S/C16H19ClN2O/c1-18-14(10-13-6-7-19-11-16(13)17)8-12-4-3-5-15(9-12)20-2/h3-7,9,11,14,18H,8,10H2,1-2H3. The highest BCUT2D eigenvalue weighted by atomic mass is 35.5. The van der Waals surface area contributed by atoms with E-state index in [-0.39, 0.29) is 0 Å². The van der Waals surface area contributed by atoms with E-state index < -0.39 is 0 Å². The van der Waals surface area contributed by atoms with Crippen LogP contribution in [-0.2, 0) is 12.8 Å². The summed E-state index contributed by atoms with van der Waals surface area (Å²) >= 11 is 6.17. The SMILES string of the molecule is CNC(Cc1cccc(OC)c1)Cc1ccncc1Cl. The Morgan fingerprint density at radius 1 is 1.30 bits per heavy atom. The number of hydrogen-bond acceptors (Lipinski definition) is 3. The lowest BCUT2D eigenvalue weighted by Gasteiger charge is -2.17. The number of hydrogen-bond donors (Lipinski definition) is 1. The average molecular weight is 291 g/mol. The van der Waals surface area contributed by atoms with Crippen LogP contribution in [0.1, 0.15) is 11.1 Å². The quantitative estimate of drug-likeness (QED) is 0.887. The van der Waals surface area contributed by atoms with E-state index in [1.165, 1.54) is 5.56 Å². The molecule has 106 valence electrons. The van der Waals surface area contributed by atoms with Crippen LogP contribution in [0.3, 0.4) is 0 Å². The third kappa shape index (κ3) is 3.95. The molecule has 0 amide bonds. The molecular weight excluding hydrogens is 272 g/mol. The highest BCUT2D eigenvalue weighted by Gasteiger charge is 2.11. The van der Waals surface area contributed by atoms with Gasteiger partial charge < -0.3 is 10.1 Å². The third-order valence-electron chi connectivity index (χ3n) is 3.35. The first kappa shape index (κ1) is 14.8. The number of likely N-dealkylation sites (N-methyl/N-ethyl adjacent to an activating group) is 1. The van der Waals surface area contributed by atoms with Crippen molar-refractivity contribution in [2.24, 2.45) is 0 Å². The van der Waals surface area contributed by atoms with Gasteiger partial charge in [0.2, 0.25) is 0 Å². The van der Waals surface area contributed by atoms with Crippen LogP contribution < -0.4 is 10.1 Å². The van der Waals surface area contributed by atoms with Crippen molar-refractivity contribution in [3.05, 3.63) is 58.9 Å². The molecule has 0 aliphatic rings. The molecule has 0 spiro atoms. The van der Waals surface area contributed by atoms with Crippen molar-refractivity contribution in [2.75, 3.05) is 14.2 Å². The smallest absolute Gasteiger partial charge is 0.119 e. The Balaban J connectivity index is 2.07. The molecule has 1 aromatic carbocycles. The van der Waals surface area contributed by atoms with Gasteiger partial charge in [0.1, 0.15) is 5.75 Å². The summed E-state index contributed by atoms with van der Waals surface area (Å²) < 4.78 is 5.26. The predicted octanol–water partition coefficient (Wildman–Crippen LogP) is 3.12. The van der Waals surface area contributed by atoms with Crippen LogP contribution in [-0.4, -0.2) is 25.2 Å². The molecule has 2 aromatic rings. The Morgan fingerprint density at radius 2 is 2.15 bits per heavy atom. The number of benzene rings is 1. The lowest BCUT2D eigenvalue weighted by atomic mass is 9.99. The fourth-order valence-corrected chi connectivity index (χ4v) is 2.39. The van der Waals surface area contributed by atoms with E-state index in [1.54, 1.807) is 19.5 Å². The zero-order chi connectivity index (χ0) is 14.4. The maximum atomic E-state index is 6.17. The summed E-state index contributed by atoms with van der Waals surface area (Å²) in [5.41, 5.74) is 2.36. The molecule has 0 aliphatic carbocycles. The Hall–Kier alpha value is -1.58. The predicted molar refractivity (Wildman–Crippen MR) is 82.5 cm³/mol. The van der Waals surface area contributed by atoms with Gasteiger partial charge in [-0.15, -0.1) is 0 Å². The molecule has 1 unspecified atom stereocenters. The summed E-state index contributed by atoms with van der Waals surface area (Å²) in [7, 11) is 3.66. The Morgan fingerprint density at radius 3 is 2.85 bits per heavy atom. The van der Waals surface area contributed by atoms with Gasteiger partial charge >= 0.3 is 0 Å². The second-order valence-electron chi connectivity index (χ2n) is 4.71. The molecule has 20 heavy (non-hydrogen) atoms. The number of nitrogens with one attached hydrogen (secondary N) is 1. The minimum absolute atomic E-state index is 0.321. The van der Waals surface area contributed by atoms with E-state index >= 15 is 0 Å². The first-order valence-electron chi connectivity index (χ1n) is 6.61. The van der Waals surface area contributed by atoms with E-state index in [9.17, 15) is 0 Å². The van der Waals surface area contributed by atoms with Gasteiger partial charge in [0.05, 0.1) is 12.1 Å². The van der Waals surface area contributed by atoms with Crippen molar-refractivity contribution in [2.45, 2.75) is 18.9 Å². The normalized spacial score (nSPS) is 12.2. The van der Waals surface area contributed by atoms with E-state index in [4.69, 9.17) is 16.3 Å². The molecule has 0 bridgehead atoms. The summed E-state index contributed by atoms with van der Waals surface area (Å²) in [6.07, 6.45) is 5.26. The maximum Gasteiger partial charge on any atom is 0.119 e. The fourth-order valence-electron chi connectivity index (χ4n) is 2.20. The highest BCUT2D eigenvalue weighted by Crippen LogP contribution is 2.18. The average Bonchev–Trinajstić information content (AvgIpc) is 2.49. The van der Waals surface area contributed by atoms with Crippen molar-refractivity contribution in [3.63, 3.8) is 0 Å². The largest absolute Gasteiger partial charge is 0.497 e. The van der Waals surface area contributed by atoms with Gasteiger partial charge in [-0.3, -0.25) is 4.98 Å². The second-order valence-corrected chi connectivity index (χ2v) is 5.12. The monoisotopic (exact) mass is 290 g/mol. The third-order valence-corrected chi connectivity index (χ3v) is 3.69. The number of aromatic nitrogens is 1. The molecule has 3 nitrogen and oxygen atoms in total. The van der Waals surface area contributed by atoms with Gasteiger partial charge in [-0.25, -0.2) is 0 Å².